The van der Waals surface area contributed by atoms with Crippen molar-refractivity contribution in [3.63, 3.8) is 0 Å². The van der Waals surface area contributed by atoms with Crippen LogP contribution < -0.4 is 11.1 Å². The highest BCUT2D eigenvalue weighted by molar-refractivity contribution is 9.10. The van der Waals surface area contributed by atoms with Gasteiger partial charge in [0.1, 0.15) is 0 Å². The third-order valence-corrected chi connectivity index (χ3v) is 3.83. The lowest BCUT2D eigenvalue weighted by Crippen LogP contribution is -2.12. The lowest BCUT2D eigenvalue weighted by Gasteiger charge is -2.08. The lowest BCUT2D eigenvalue weighted by atomic mass is 10.1. The molecule has 3 nitrogen and oxygen atoms in total. The van der Waals surface area contributed by atoms with Crippen molar-refractivity contribution in [2.45, 2.75) is 6.92 Å². The van der Waals surface area contributed by atoms with Gasteiger partial charge < -0.3 is 11.1 Å². The van der Waals surface area contributed by atoms with E-state index in [-0.39, 0.29) is 5.91 Å². The molecule has 2 aromatic carbocycles. The topological polar surface area (TPSA) is 55.1 Å². The Morgan fingerprint density at radius 3 is 2.63 bits per heavy atom. The molecule has 0 aliphatic rings. The van der Waals surface area contributed by atoms with E-state index >= 15 is 0 Å². The molecule has 0 radical (unpaired) electrons. The molecule has 5 heteroatoms. The van der Waals surface area contributed by atoms with Crippen LogP contribution in [0.3, 0.4) is 0 Å². The van der Waals surface area contributed by atoms with Crippen molar-refractivity contribution >= 4 is 44.8 Å². The second-order valence-electron chi connectivity index (χ2n) is 4.16. The van der Waals surface area contributed by atoms with Crippen LogP contribution in [0.25, 0.3) is 0 Å². The Kier molecular flexibility index (Phi) is 4.12. The minimum Gasteiger partial charge on any atom is -0.399 e. The van der Waals surface area contributed by atoms with E-state index in [9.17, 15) is 4.79 Å². The zero-order valence-electron chi connectivity index (χ0n) is 10.2. The minimum absolute atomic E-state index is 0.263. The Labute approximate surface area is 124 Å². The molecule has 0 aliphatic carbocycles. The zero-order chi connectivity index (χ0) is 14.0. The molecular formula is C14H12BrClN2O. The van der Waals surface area contributed by atoms with Crippen molar-refractivity contribution < 1.29 is 4.79 Å². The quantitative estimate of drug-likeness (QED) is 0.804. The average molecular weight is 340 g/mol. The first-order valence-corrected chi connectivity index (χ1v) is 6.77. The molecule has 0 heterocycles. The summed E-state index contributed by atoms with van der Waals surface area (Å²) in [5, 5.41) is 3.13. The molecule has 0 unspecified atom stereocenters. The molecule has 0 spiro atoms. The summed E-state index contributed by atoms with van der Waals surface area (Å²) in [7, 11) is 0. The molecule has 3 N–H and O–H groups in total. The lowest BCUT2D eigenvalue weighted by molar-refractivity contribution is 0.102. The smallest absolute Gasteiger partial charge is 0.257 e. The maximum Gasteiger partial charge on any atom is 0.257 e. The van der Waals surface area contributed by atoms with Crippen LogP contribution in [0, 0.1) is 6.92 Å². The van der Waals surface area contributed by atoms with E-state index in [0.29, 0.717) is 22.0 Å². The number of nitrogens with one attached hydrogen (secondary N) is 1. The first-order valence-electron chi connectivity index (χ1n) is 5.60. The fourth-order valence-corrected chi connectivity index (χ4v) is 2.24. The minimum atomic E-state index is -0.263. The van der Waals surface area contributed by atoms with Gasteiger partial charge in [-0.05, 0) is 42.8 Å². The number of hydrogen-bond acceptors (Lipinski definition) is 2. The van der Waals surface area contributed by atoms with Crippen LogP contribution in [-0.4, -0.2) is 5.91 Å². The number of nitrogen functional groups attached to an aromatic ring is 1. The average Bonchev–Trinajstić information content (AvgIpc) is 2.33. The Morgan fingerprint density at radius 1 is 1.26 bits per heavy atom. The predicted molar refractivity (Wildman–Crippen MR) is 82.7 cm³/mol. The molecule has 2 rings (SSSR count). The van der Waals surface area contributed by atoms with Gasteiger partial charge in [-0.1, -0.05) is 33.6 Å². The van der Waals surface area contributed by atoms with E-state index < -0.39 is 0 Å². The van der Waals surface area contributed by atoms with E-state index in [1.807, 2.05) is 25.1 Å². The number of hydrogen-bond donors (Lipinski definition) is 2. The molecule has 0 bridgehead atoms. The van der Waals surface area contributed by atoms with Crippen molar-refractivity contribution in [3.8, 4) is 0 Å². The van der Waals surface area contributed by atoms with Crippen LogP contribution in [0.4, 0.5) is 11.4 Å². The maximum atomic E-state index is 12.1. The van der Waals surface area contributed by atoms with E-state index in [1.54, 1.807) is 18.2 Å². The third-order valence-electron chi connectivity index (χ3n) is 2.67. The predicted octanol–water partition coefficient (Wildman–Crippen LogP) is 4.25. The Balaban J connectivity index is 2.23. The highest BCUT2D eigenvalue weighted by atomic mass is 79.9. The summed E-state index contributed by atoms with van der Waals surface area (Å²) in [6, 6.07) is 10.4. The highest BCUT2D eigenvalue weighted by Gasteiger charge is 2.11. The van der Waals surface area contributed by atoms with Crippen LogP contribution in [0.2, 0.25) is 5.02 Å². The first-order chi connectivity index (χ1) is 8.97. The summed E-state index contributed by atoms with van der Waals surface area (Å²) in [6.45, 7) is 1.98. The number of benzene rings is 2. The second kappa shape index (κ2) is 5.63. The van der Waals surface area contributed by atoms with Gasteiger partial charge in [-0.25, -0.2) is 0 Å². The molecule has 0 aromatic heterocycles. The van der Waals surface area contributed by atoms with Gasteiger partial charge in [0.15, 0.2) is 0 Å². The number of amides is 1. The van der Waals surface area contributed by atoms with Gasteiger partial charge in [-0.15, -0.1) is 0 Å². The van der Waals surface area contributed by atoms with Gasteiger partial charge in [0.25, 0.3) is 5.91 Å². The van der Waals surface area contributed by atoms with Crippen LogP contribution in [0.1, 0.15) is 15.9 Å². The fraction of sp³-hybridized carbons (Fsp3) is 0.0714. The highest BCUT2D eigenvalue weighted by Crippen LogP contribution is 2.23. The Morgan fingerprint density at radius 2 is 2.00 bits per heavy atom. The van der Waals surface area contributed by atoms with E-state index in [4.69, 9.17) is 17.3 Å². The van der Waals surface area contributed by atoms with Gasteiger partial charge in [-0.2, -0.15) is 0 Å². The Hall–Kier alpha value is -1.52. The summed E-state index contributed by atoms with van der Waals surface area (Å²) < 4.78 is 0.939. The normalized spacial score (nSPS) is 10.3. The largest absolute Gasteiger partial charge is 0.399 e. The monoisotopic (exact) mass is 338 g/mol. The van der Waals surface area contributed by atoms with Gasteiger partial charge >= 0.3 is 0 Å². The molecule has 98 valence electrons. The molecule has 0 saturated carbocycles. The van der Waals surface area contributed by atoms with Crippen LogP contribution in [-0.2, 0) is 0 Å². The maximum absolute atomic E-state index is 12.1. The summed E-state index contributed by atoms with van der Waals surface area (Å²) in [5.41, 5.74) is 8.32. The molecule has 19 heavy (non-hydrogen) atoms. The van der Waals surface area contributed by atoms with Gasteiger partial charge in [0.2, 0.25) is 0 Å². The molecule has 1 amide bonds. The van der Waals surface area contributed by atoms with Crippen LogP contribution in [0.15, 0.2) is 40.9 Å². The second-order valence-corrected chi connectivity index (χ2v) is 5.42. The number of nitrogens with two attached hydrogens (primary N) is 1. The Bertz CT molecular complexity index is 643. The molecular weight excluding hydrogens is 328 g/mol. The number of halogens is 2. The van der Waals surface area contributed by atoms with Gasteiger partial charge in [-0.3, -0.25) is 4.79 Å². The standard InChI is InChI=1S/C14H12BrClN2O/c1-8-2-4-10(7-12(8)15)18-14(19)11-5-3-9(17)6-13(11)16/h2-7H,17H2,1H3,(H,18,19). The van der Waals surface area contributed by atoms with E-state index in [1.165, 1.54) is 0 Å². The van der Waals surface area contributed by atoms with Gasteiger partial charge in [0, 0.05) is 15.8 Å². The molecule has 0 fully saturated rings. The summed E-state index contributed by atoms with van der Waals surface area (Å²) >= 11 is 9.42. The SMILES string of the molecule is Cc1ccc(NC(=O)c2ccc(N)cc2Cl)cc1Br. The van der Waals surface area contributed by atoms with E-state index in [0.717, 1.165) is 10.0 Å². The summed E-state index contributed by atoms with van der Waals surface area (Å²) in [5.74, 6) is -0.263. The summed E-state index contributed by atoms with van der Waals surface area (Å²) in [4.78, 5) is 12.1. The fourth-order valence-electron chi connectivity index (χ4n) is 1.58. The summed E-state index contributed by atoms with van der Waals surface area (Å²) in [6.07, 6.45) is 0. The number of aryl methyl sites for hydroxylation is 1. The first kappa shape index (κ1) is 13.9. The third kappa shape index (κ3) is 3.28. The van der Waals surface area contributed by atoms with Crippen molar-refractivity contribution in [2.75, 3.05) is 11.1 Å². The molecule has 0 aliphatic heterocycles. The number of carbonyl (C=O) groups is 1. The van der Waals surface area contributed by atoms with Crippen molar-refractivity contribution in [1.82, 2.24) is 0 Å². The number of rotatable bonds is 2. The van der Waals surface area contributed by atoms with Gasteiger partial charge in [0.05, 0.1) is 10.6 Å². The number of carbonyl (C=O) groups excluding carboxylic acids is 1. The number of anilines is 2. The van der Waals surface area contributed by atoms with Crippen molar-refractivity contribution in [2.24, 2.45) is 0 Å². The van der Waals surface area contributed by atoms with Crippen molar-refractivity contribution in [1.29, 1.82) is 0 Å². The van der Waals surface area contributed by atoms with Crippen LogP contribution in [0.5, 0.6) is 0 Å². The molecule has 2 aromatic rings. The molecule has 0 atom stereocenters. The van der Waals surface area contributed by atoms with Crippen LogP contribution >= 0.6 is 27.5 Å². The zero-order valence-corrected chi connectivity index (χ0v) is 12.5. The van der Waals surface area contributed by atoms with Crippen molar-refractivity contribution in [3.05, 3.63) is 57.0 Å². The molecule has 0 saturated heterocycles. The van der Waals surface area contributed by atoms with E-state index in [2.05, 4.69) is 21.2 Å².